The second-order valence-corrected chi connectivity index (χ2v) is 7.86. The molecule has 1 fully saturated rings. The molecule has 0 saturated heterocycles. The minimum Gasteiger partial charge on any atom is -0.344 e. The highest BCUT2D eigenvalue weighted by molar-refractivity contribution is 5.77. The minimum absolute atomic E-state index is 0.00584. The predicted molar refractivity (Wildman–Crippen MR) is 92.0 cm³/mol. The Hall–Kier alpha value is -1.47. The first-order chi connectivity index (χ1) is 11.3. The van der Waals surface area contributed by atoms with Crippen LogP contribution in [0.15, 0.2) is 4.52 Å². The summed E-state index contributed by atoms with van der Waals surface area (Å²) in [6.45, 7) is 4.93. The van der Waals surface area contributed by atoms with Crippen LogP contribution in [0.2, 0.25) is 0 Å². The van der Waals surface area contributed by atoms with Crippen LogP contribution in [0.5, 0.6) is 0 Å². The Labute approximate surface area is 144 Å². The third-order valence-electron chi connectivity index (χ3n) is 4.81. The van der Waals surface area contributed by atoms with Crippen molar-refractivity contribution in [2.24, 2.45) is 11.1 Å². The number of hydrogen-bond acceptors (Lipinski definition) is 6. The molecule has 1 amide bonds. The van der Waals surface area contributed by atoms with E-state index in [1.165, 1.54) is 6.42 Å². The molecule has 1 heterocycles. The van der Waals surface area contributed by atoms with Gasteiger partial charge in [-0.2, -0.15) is 4.98 Å². The minimum atomic E-state index is -0.671. The number of nitrogens with two attached hydrogens (primary N) is 1. The largest absolute Gasteiger partial charge is 0.344 e. The molecular formula is C17H31N5O2. The molecular weight excluding hydrogens is 306 g/mol. The summed E-state index contributed by atoms with van der Waals surface area (Å²) >= 11 is 0. The van der Waals surface area contributed by atoms with Crippen LogP contribution < -0.4 is 11.1 Å². The molecule has 0 aromatic carbocycles. The molecule has 136 valence electrons. The SMILES string of the molecule is CN(C)Cc1nc(C(C)(C)NC(=O)CC2(CN)CCCCC2)no1. The normalized spacial score (nSPS) is 17.9. The summed E-state index contributed by atoms with van der Waals surface area (Å²) in [7, 11) is 3.88. The zero-order valence-corrected chi connectivity index (χ0v) is 15.4. The van der Waals surface area contributed by atoms with Crippen molar-refractivity contribution in [3.05, 3.63) is 11.7 Å². The topological polar surface area (TPSA) is 97.3 Å². The third kappa shape index (κ3) is 4.77. The van der Waals surface area contributed by atoms with Gasteiger partial charge >= 0.3 is 0 Å². The Balaban J connectivity index is 1.99. The van der Waals surface area contributed by atoms with E-state index in [0.29, 0.717) is 31.2 Å². The monoisotopic (exact) mass is 337 g/mol. The number of hydrogen-bond donors (Lipinski definition) is 2. The smallest absolute Gasteiger partial charge is 0.240 e. The molecule has 7 nitrogen and oxygen atoms in total. The third-order valence-corrected chi connectivity index (χ3v) is 4.81. The van der Waals surface area contributed by atoms with Gasteiger partial charge in [0.25, 0.3) is 0 Å². The van der Waals surface area contributed by atoms with Gasteiger partial charge in [-0.3, -0.25) is 4.79 Å². The summed E-state index contributed by atoms with van der Waals surface area (Å²) in [5, 5.41) is 7.08. The van der Waals surface area contributed by atoms with E-state index in [0.717, 1.165) is 25.7 Å². The van der Waals surface area contributed by atoms with Crippen molar-refractivity contribution in [3.63, 3.8) is 0 Å². The van der Waals surface area contributed by atoms with Crippen molar-refractivity contribution < 1.29 is 9.32 Å². The lowest BCUT2D eigenvalue weighted by Gasteiger charge is -2.36. The van der Waals surface area contributed by atoms with Gasteiger partial charge < -0.3 is 20.5 Å². The molecule has 1 aromatic heterocycles. The van der Waals surface area contributed by atoms with Gasteiger partial charge in [0, 0.05) is 6.42 Å². The maximum atomic E-state index is 12.6. The van der Waals surface area contributed by atoms with Crippen LogP contribution in [0.25, 0.3) is 0 Å². The first-order valence-corrected chi connectivity index (χ1v) is 8.75. The average Bonchev–Trinajstić information content (AvgIpc) is 2.96. The van der Waals surface area contributed by atoms with Gasteiger partial charge in [0.15, 0.2) is 5.82 Å². The maximum absolute atomic E-state index is 12.6. The molecule has 24 heavy (non-hydrogen) atoms. The molecule has 7 heteroatoms. The van der Waals surface area contributed by atoms with E-state index in [9.17, 15) is 4.79 Å². The predicted octanol–water partition coefficient (Wildman–Crippen LogP) is 1.78. The van der Waals surface area contributed by atoms with Gasteiger partial charge in [0.05, 0.1) is 12.1 Å². The average molecular weight is 337 g/mol. The fourth-order valence-electron chi connectivity index (χ4n) is 3.39. The van der Waals surface area contributed by atoms with Crippen LogP contribution >= 0.6 is 0 Å². The highest BCUT2D eigenvalue weighted by atomic mass is 16.5. The zero-order valence-electron chi connectivity index (χ0n) is 15.4. The summed E-state index contributed by atoms with van der Waals surface area (Å²) < 4.78 is 5.26. The lowest BCUT2D eigenvalue weighted by atomic mass is 9.71. The van der Waals surface area contributed by atoms with E-state index in [-0.39, 0.29) is 11.3 Å². The zero-order chi connectivity index (χ0) is 17.8. The summed E-state index contributed by atoms with van der Waals surface area (Å²) in [6.07, 6.45) is 6.10. The van der Waals surface area contributed by atoms with E-state index >= 15 is 0 Å². The molecule has 2 rings (SSSR count). The van der Waals surface area contributed by atoms with Crippen molar-refractivity contribution in [2.45, 2.75) is 64.5 Å². The van der Waals surface area contributed by atoms with Crippen molar-refractivity contribution in [1.29, 1.82) is 0 Å². The highest BCUT2D eigenvalue weighted by Crippen LogP contribution is 2.38. The van der Waals surface area contributed by atoms with Gasteiger partial charge in [0.2, 0.25) is 11.8 Å². The van der Waals surface area contributed by atoms with E-state index in [1.807, 2.05) is 32.8 Å². The summed E-state index contributed by atoms with van der Waals surface area (Å²) in [5.74, 6) is 1.05. The molecule has 0 unspecified atom stereocenters. The quantitative estimate of drug-likeness (QED) is 0.787. The standard InChI is InChI=1S/C17H31N5O2/c1-16(2,15-19-14(24-21-15)11-22(3)4)20-13(23)10-17(12-18)8-6-5-7-9-17/h5-12,18H2,1-4H3,(H,20,23). The number of aromatic nitrogens is 2. The fourth-order valence-corrected chi connectivity index (χ4v) is 3.39. The first-order valence-electron chi connectivity index (χ1n) is 8.75. The first kappa shape index (κ1) is 18.9. The lowest BCUT2D eigenvalue weighted by Crippen LogP contribution is -2.45. The summed E-state index contributed by atoms with van der Waals surface area (Å²) in [5.41, 5.74) is 5.27. The number of nitrogens with one attached hydrogen (secondary N) is 1. The Kier molecular flexibility index (Phi) is 5.98. The second-order valence-electron chi connectivity index (χ2n) is 7.86. The van der Waals surface area contributed by atoms with Crippen molar-refractivity contribution in [2.75, 3.05) is 20.6 Å². The molecule has 1 aliphatic carbocycles. The number of amides is 1. The van der Waals surface area contributed by atoms with Crippen LogP contribution in [-0.2, 0) is 16.9 Å². The number of carbonyl (C=O) groups is 1. The van der Waals surface area contributed by atoms with E-state index in [2.05, 4.69) is 15.5 Å². The molecule has 3 N–H and O–H groups in total. The molecule has 0 spiro atoms. The van der Waals surface area contributed by atoms with Crippen LogP contribution in [0, 0.1) is 5.41 Å². The van der Waals surface area contributed by atoms with E-state index in [4.69, 9.17) is 10.3 Å². The summed E-state index contributed by atoms with van der Waals surface area (Å²) in [6, 6.07) is 0. The lowest BCUT2D eigenvalue weighted by molar-refractivity contribution is -0.125. The molecule has 1 aromatic rings. The number of nitrogens with zero attached hydrogens (tertiary/aromatic N) is 3. The van der Waals surface area contributed by atoms with Crippen LogP contribution in [0.3, 0.4) is 0 Å². The van der Waals surface area contributed by atoms with Crippen LogP contribution in [0.4, 0.5) is 0 Å². The summed E-state index contributed by atoms with van der Waals surface area (Å²) in [4.78, 5) is 18.9. The Morgan fingerprint density at radius 1 is 1.33 bits per heavy atom. The van der Waals surface area contributed by atoms with Crippen LogP contribution in [-0.4, -0.2) is 41.6 Å². The van der Waals surface area contributed by atoms with Crippen LogP contribution in [0.1, 0.15) is 64.1 Å². The Morgan fingerprint density at radius 3 is 2.58 bits per heavy atom. The van der Waals surface area contributed by atoms with Gasteiger partial charge in [-0.1, -0.05) is 24.4 Å². The Morgan fingerprint density at radius 2 is 2.00 bits per heavy atom. The highest BCUT2D eigenvalue weighted by Gasteiger charge is 2.35. The van der Waals surface area contributed by atoms with Gasteiger partial charge in [-0.05, 0) is 52.7 Å². The molecule has 0 bridgehead atoms. The molecule has 1 saturated carbocycles. The van der Waals surface area contributed by atoms with Crippen molar-refractivity contribution in [3.8, 4) is 0 Å². The fraction of sp³-hybridized carbons (Fsp3) is 0.824. The van der Waals surface area contributed by atoms with Crippen molar-refractivity contribution in [1.82, 2.24) is 20.4 Å². The maximum Gasteiger partial charge on any atom is 0.240 e. The molecule has 0 atom stereocenters. The Bertz CT molecular complexity index is 547. The molecule has 0 aliphatic heterocycles. The number of rotatable bonds is 7. The van der Waals surface area contributed by atoms with Gasteiger partial charge in [0.1, 0.15) is 0 Å². The second kappa shape index (κ2) is 7.61. The van der Waals surface area contributed by atoms with E-state index in [1.54, 1.807) is 0 Å². The number of carbonyl (C=O) groups excluding carboxylic acids is 1. The van der Waals surface area contributed by atoms with E-state index < -0.39 is 5.54 Å². The van der Waals surface area contributed by atoms with Gasteiger partial charge in [-0.25, -0.2) is 0 Å². The molecule has 1 aliphatic rings. The van der Waals surface area contributed by atoms with Crippen molar-refractivity contribution >= 4 is 5.91 Å². The van der Waals surface area contributed by atoms with Gasteiger partial charge in [-0.15, -0.1) is 0 Å². The molecule has 0 radical (unpaired) electrons.